The van der Waals surface area contributed by atoms with Crippen LogP contribution in [0.4, 0.5) is 0 Å². The number of nitrogens with one attached hydrogen (secondary N) is 1. The van der Waals surface area contributed by atoms with Gasteiger partial charge in [0.25, 0.3) is 0 Å². The Kier molecular flexibility index (Phi) is 5.22. The molecule has 0 saturated heterocycles. The number of aliphatic hydroxyl groups excluding tert-OH is 1. The van der Waals surface area contributed by atoms with E-state index in [1.807, 2.05) is 13.0 Å². The molecule has 0 unspecified atom stereocenters. The number of allylic oxidation sites excluding steroid dienone is 2. The minimum absolute atomic E-state index is 0.0813. The largest absolute Gasteiger partial charge is 0.388 e. The zero-order valence-corrected chi connectivity index (χ0v) is 14.7. The van der Waals surface area contributed by atoms with E-state index in [1.54, 1.807) is 11.3 Å². The summed E-state index contributed by atoms with van der Waals surface area (Å²) in [6.07, 6.45) is 11.5. The zero-order valence-electron chi connectivity index (χ0n) is 13.9. The van der Waals surface area contributed by atoms with Crippen molar-refractivity contribution in [3.63, 3.8) is 0 Å². The number of thiophene rings is 1. The lowest BCUT2D eigenvalue weighted by Gasteiger charge is -2.29. The van der Waals surface area contributed by atoms with E-state index in [9.17, 15) is 9.90 Å². The van der Waals surface area contributed by atoms with Crippen molar-refractivity contribution >= 4 is 17.2 Å². The number of rotatable bonds is 5. The molecular formula is C19H27NO2S. The van der Waals surface area contributed by atoms with Crippen molar-refractivity contribution in [2.24, 2.45) is 5.92 Å². The fraction of sp³-hybridized carbons (Fsp3) is 0.632. The lowest BCUT2D eigenvalue weighted by molar-refractivity contribution is -0.125. The van der Waals surface area contributed by atoms with Crippen LogP contribution < -0.4 is 5.32 Å². The van der Waals surface area contributed by atoms with Crippen LogP contribution in [0.1, 0.15) is 67.7 Å². The van der Waals surface area contributed by atoms with E-state index in [-0.39, 0.29) is 17.2 Å². The summed E-state index contributed by atoms with van der Waals surface area (Å²) in [5.74, 6) is 0.364. The molecule has 1 aromatic rings. The zero-order chi connectivity index (χ0) is 16.3. The molecule has 1 amide bonds. The predicted octanol–water partition coefficient (Wildman–Crippen LogP) is 4.09. The second-order valence-electron chi connectivity index (χ2n) is 7.06. The maximum absolute atomic E-state index is 12.5. The molecule has 1 fully saturated rings. The highest BCUT2D eigenvalue weighted by Gasteiger charge is 2.37. The van der Waals surface area contributed by atoms with Gasteiger partial charge < -0.3 is 10.4 Å². The van der Waals surface area contributed by atoms with Gasteiger partial charge in [0.15, 0.2) is 0 Å². The van der Waals surface area contributed by atoms with Crippen LogP contribution in [0.5, 0.6) is 0 Å². The Labute approximate surface area is 142 Å². The molecule has 0 aromatic carbocycles. The van der Waals surface area contributed by atoms with Crippen LogP contribution in [-0.2, 0) is 10.2 Å². The third-order valence-corrected chi connectivity index (χ3v) is 6.86. The molecule has 1 heterocycles. The van der Waals surface area contributed by atoms with Crippen molar-refractivity contribution in [1.29, 1.82) is 0 Å². The Bertz CT molecular complexity index is 570. The molecule has 0 aliphatic heterocycles. The van der Waals surface area contributed by atoms with E-state index >= 15 is 0 Å². The topological polar surface area (TPSA) is 49.3 Å². The second kappa shape index (κ2) is 7.18. The molecule has 23 heavy (non-hydrogen) atoms. The first-order chi connectivity index (χ1) is 11.1. The first-order valence-corrected chi connectivity index (χ1v) is 9.63. The van der Waals surface area contributed by atoms with Crippen molar-refractivity contribution in [2.75, 3.05) is 6.54 Å². The molecule has 0 radical (unpaired) electrons. The van der Waals surface area contributed by atoms with Gasteiger partial charge in [0, 0.05) is 27.6 Å². The quantitative estimate of drug-likeness (QED) is 0.798. The summed E-state index contributed by atoms with van der Waals surface area (Å²) >= 11 is 1.71. The summed E-state index contributed by atoms with van der Waals surface area (Å²) in [5, 5.41) is 13.0. The lowest BCUT2D eigenvalue weighted by atomic mass is 9.84. The summed E-state index contributed by atoms with van der Waals surface area (Å²) in [4.78, 5) is 14.8. The van der Waals surface area contributed by atoms with E-state index in [1.165, 1.54) is 17.7 Å². The number of carbonyl (C=O) groups is 1. The Balaban J connectivity index is 1.68. The first kappa shape index (κ1) is 16.7. The van der Waals surface area contributed by atoms with Gasteiger partial charge in [-0.1, -0.05) is 25.0 Å². The highest BCUT2D eigenvalue weighted by atomic mass is 32.1. The molecule has 0 bridgehead atoms. The lowest BCUT2D eigenvalue weighted by Crippen LogP contribution is -2.41. The van der Waals surface area contributed by atoms with Crippen LogP contribution in [0.15, 0.2) is 24.3 Å². The molecule has 2 aliphatic rings. The third kappa shape index (κ3) is 3.69. The van der Waals surface area contributed by atoms with E-state index in [0.717, 1.165) is 43.5 Å². The minimum atomic E-state index is -0.407. The number of aliphatic hydroxyl groups is 1. The van der Waals surface area contributed by atoms with Crippen LogP contribution in [0.2, 0.25) is 0 Å². The van der Waals surface area contributed by atoms with E-state index < -0.39 is 6.10 Å². The molecule has 3 rings (SSSR count). The summed E-state index contributed by atoms with van der Waals surface area (Å²) in [6, 6.07) is 4.20. The fourth-order valence-corrected chi connectivity index (χ4v) is 5.05. The SMILES string of the molecule is C[C@@H](O)c1ccc(C2(CNC(=O)[C@H]3CC=CCC3)CCCC2)s1. The molecule has 0 spiro atoms. The van der Waals surface area contributed by atoms with Crippen LogP contribution in [-0.4, -0.2) is 17.6 Å². The summed E-state index contributed by atoms with van der Waals surface area (Å²) in [7, 11) is 0. The van der Waals surface area contributed by atoms with Crippen molar-refractivity contribution in [1.82, 2.24) is 5.32 Å². The summed E-state index contributed by atoms with van der Waals surface area (Å²) in [6.45, 7) is 2.56. The minimum Gasteiger partial charge on any atom is -0.388 e. The summed E-state index contributed by atoms with van der Waals surface area (Å²) < 4.78 is 0. The smallest absolute Gasteiger partial charge is 0.223 e. The molecule has 4 heteroatoms. The maximum Gasteiger partial charge on any atom is 0.223 e. The van der Waals surface area contributed by atoms with Gasteiger partial charge in [0.05, 0.1) is 6.10 Å². The van der Waals surface area contributed by atoms with Crippen LogP contribution >= 0.6 is 11.3 Å². The molecule has 2 atom stereocenters. The maximum atomic E-state index is 12.5. The van der Waals surface area contributed by atoms with Gasteiger partial charge in [-0.15, -0.1) is 11.3 Å². The Morgan fingerprint density at radius 3 is 2.78 bits per heavy atom. The number of hydrogen-bond acceptors (Lipinski definition) is 3. The summed E-state index contributed by atoms with van der Waals surface area (Å²) in [5.41, 5.74) is 0.0813. The highest BCUT2D eigenvalue weighted by molar-refractivity contribution is 7.12. The standard InChI is InChI=1S/C19H27NO2S/c1-14(21)16-9-10-17(23-16)19(11-5-6-12-19)13-20-18(22)15-7-3-2-4-8-15/h2-3,9-10,14-15,21H,4-8,11-13H2,1H3,(H,20,22)/t14-,15+/m1/s1. The van der Waals surface area contributed by atoms with E-state index in [4.69, 9.17) is 0 Å². The van der Waals surface area contributed by atoms with Gasteiger partial charge in [0.1, 0.15) is 0 Å². The average molecular weight is 333 g/mol. The Morgan fingerprint density at radius 2 is 2.17 bits per heavy atom. The monoisotopic (exact) mass is 333 g/mol. The molecular weight excluding hydrogens is 306 g/mol. The number of amides is 1. The van der Waals surface area contributed by atoms with Gasteiger partial charge >= 0.3 is 0 Å². The van der Waals surface area contributed by atoms with Gasteiger partial charge in [-0.2, -0.15) is 0 Å². The second-order valence-corrected chi connectivity index (χ2v) is 8.18. The normalized spacial score (nSPS) is 24.5. The molecule has 1 saturated carbocycles. The van der Waals surface area contributed by atoms with Gasteiger partial charge in [-0.05, 0) is 51.2 Å². The van der Waals surface area contributed by atoms with Crippen molar-refractivity contribution in [3.05, 3.63) is 34.0 Å². The third-order valence-electron chi connectivity index (χ3n) is 5.36. The fourth-order valence-electron chi connectivity index (χ4n) is 3.86. The number of carbonyl (C=O) groups excluding carboxylic acids is 1. The number of hydrogen-bond donors (Lipinski definition) is 2. The van der Waals surface area contributed by atoms with Crippen molar-refractivity contribution in [3.8, 4) is 0 Å². The van der Waals surface area contributed by atoms with Crippen LogP contribution in [0, 0.1) is 5.92 Å². The van der Waals surface area contributed by atoms with Gasteiger partial charge in [0.2, 0.25) is 5.91 Å². The molecule has 3 nitrogen and oxygen atoms in total. The van der Waals surface area contributed by atoms with Crippen molar-refractivity contribution < 1.29 is 9.90 Å². The van der Waals surface area contributed by atoms with Gasteiger partial charge in [-0.25, -0.2) is 0 Å². The van der Waals surface area contributed by atoms with Crippen LogP contribution in [0.3, 0.4) is 0 Å². The highest BCUT2D eigenvalue weighted by Crippen LogP contribution is 2.44. The molecule has 126 valence electrons. The Morgan fingerprint density at radius 1 is 1.39 bits per heavy atom. The molecule has 1 aromatic heterocycles. The van der Waals surface area contributed by atoms with Crippen molar-refractivity contribution in [2.45, 2.75) is 63.4 Å². The Hall–Kier alpha value is -1.13. The predicted molar refractivity (Wildman–Crippen MR) is 94.6 cm³/mol. The van der Waals surface area contributed by atoms with E-state index in [2.05, 4.69) is 23.5 Å². The first-order valence-electron chi connectivity index (χ1n) is 8.82. The van der Waals surface area contributed by atoms with Crippen LogP contribution in [0.25, 0.3) is 0 Å². The average Bonchev–Trinajstić information content (AvgIpc) is 3.23. The molecule has 2 N–H and O–H groups in total. The van der Waals surface area contributed by atoms with E-state index in [0.29, 0.717) is 0 Å². The molecule has 2 aliphatic carbocycles. The van der Waals surface area contributed by atoms with Gasteiger partial charge in [-0.3, -0.25) is 4.79 Å².